The molecule has 76 valence electrons. The first-order valence-corrected chi connectivity index (χ1v) is 4.82. The Bertz CT molecular complexity index is 310. The lowest BCUT2D eigenvalue weighted by atomic mass is 10.2. The molecule has 2 nitrogen and oxygen atoms in total. The second-order valence-corrected chi connectivity index (χ2v) is 2.97. The largest absolute Gasteiger partial charge is 0.497 e. The topological polar surface area (TPSA) is 18.5 Å². The molecule has 0 N–H and O–H groups in total. The van der Waals surface area contributed by atoms with E-state index in [1.807, 2.05) is 18.2 Å². The van der Waals surface area contributed by atoms with Crippen LogP contribution in [0, 0.1) is 0 Å². The second-order valence-electron chi connectivity index (χ2n) is 2.71. The van der Waals surface area contributed by atoms with Crippen molar-refractivity contribution in [1.29, 1.82) is 0 Å². The van der Waals surface area contributed by atoms with Gasteiger partial charge in [0.15, 0.2) is 0 Å². The Morgan fingerprint density at radius 3 is 2.86 bits per heavy atom. The normalized spacial score (nSPS) is 9.57. The van der Waals surface area contributed by atoms with Gasteiger partial charge in [0.25, 0.3) is 0 Å². The van der Waals surface area contributed by atoms with Gasteiger partial charge in [-0.2, -0.15) is 0 Å². The lowest BCUT2D eigenvalue weighted by Crippen LogP contribution is -1.97. The minimum Gasteiger partial charge on any atom is -0.497 e. The van der Waals surface area contributed by atoms with E-state index in [-0.39, 0.29) is 0 Å². The Morgan fingerprint density at radius 1 is 1.50 bits per heavy atom. The van der Waals surface area contributed by atoms with Gasteiger partial charge in [0, 0.05) is 11.6 Å². The van der Waals surface area contributed by atoms with Gasteiger partial charge >= 0.3 is 0 Å². The van der Waals surface area contributed by atoms with Gasteiger partial charge in [-0.3, -0.25) is 0 Å². The number of hydrogen-bond acceptors (Lipinski definition) is 2. The molecule has 0 aliphatic carbocycles. The van der Waals surface area contributed by atoms with E-state index in [0.29, 0.717) is 12.5 Å². The molecule has 0 fully saturated rings. The van der Waals surface area contributed by atoms with E-state index in [2.05, 4.69) is 6.58 Å². The Hall–Kier alpha value is -1.15. The molecule has 0 bridgehead atoms. The van der Waals surface area contributed by atoms with Crippen molar-refractivity contribution in [3.8, 4) is 11.5 Å². The molecule has 14 heavy (non-hydrogen) atoms. The Labute approximate surface area is 89.1 Å². The summed E-state index contributed by atoms with van der Waals surface area (Å²) in [7, 11) is 1.62. The fraction of sp³-hybridized carbons (Fsp3) is 0.273. The molecule has 0 spiro atoms. The number of ether oxygens (including phenoxy) is 2. The molecule has 0 unspecified atom stereocenters. The van der Waals surface area contributed by atoms with Crippen molar-refractivity contribution in [3.05, 3.63) is 36.4 Å². The summed E-state index contributed by atoms with van der Waals surface area (Å²) in [4.78, 5) is 0. The molecule has 0 aliphatic rings. The highest BCUT2D eigenvalue weighted by Crippen LogP contribution is 2.26. The molecule has 0 atom stereocenters. The van der Waals surface area contributed by atoms with E-state index < -0.39 is 0 Å². The van der Waals surface area contributed by atoms with Gasteiger partial charge in [0.2, 0.25) is 0 Å². The summed E-state index contributed by atoms with van der Waals surface area (Å²) in [6, 6.07) is 5.57. The quantitative estimate of drug-likeness (QED) is 0.552. The smallest absolute Gasteiger partial charge is 0.127 e. The predicted molar refractivity (Wildman–Crippen MR) is 58.2 cm³/mol. The SMILES string of the molecule is C=CCOc1cc(OC)ccc1CCl. The van der Waals surface area contributed by atoms with E-state index in [4.69, 9.17) is 21.1 Å². The lowest BCUT2D eigenvalue weighted by molar-refractivity contribution is 0.354. The first kappa shape index (κ1) is 10.9. The van der Waals surface area contributed by atoms with Crippen molar-refractivity contribution in [2.75, 3.05) is 13.7 Å². The Morgan fingerprint density at radius 2 is 2.29 bits per heavy atom. The van der Waals surface area contributed by atoms with E-state index in [0.717, 1.165) is 17.1 Å². The van der Waals surface area contributed by atoms with Crippen LogP contribution in [0.5, 0.6) is 11.5 Å². The third-order valence-electron chi connectivity index (χ3n) is 1.77. The molecule has 1 aromatic rings. The van der Waals surface area contributed by atoms with Gasteiger partial charge in [-0.05, 0) is 6.07 Å². The number of methoxy groups -OCH3 is 1. The lowest BCUT2D eigenvalue weighted by Gasteiger charge is -2.09. The van der Waals surface area contributed by atoms with Crippen LogP contribution in [0.3, 0.4) is 0 Å². The summed E-state index contributed by atoms with van der Waals surface area (Å²) in [6.07, 6.45) is 1.69. The maximum Gasteiger partial charge on any atom is 0.127 e. The summed E-state index contributed by atoms with van der Waals surface area (Å²) in [5.41, 5.74) is 0.953. The Balaban J connectivity index is 2.89. The number of hydrogen-bond donors (Lipinski definition) is 0. The molecule has 0 aliphatic heterocycles. The molecule has 0 radical (unpaired) electrons. The zero-order chi connectivity index (χ0) is 10.4. The van der Waals surface area contributed by atoms with E-state index in [1.165, 1.54) is 0 Å². The van der Waals surface area contributed by atoms with Crippen LogP contribution < -0.4 is 9.47 Å². The third-order valence-corrected chi connectivity index (χ3v) is 2.06. The average molecular weight is 213 g/mol. The monoisotopic (exact) mass is 212 g/mol. The fourth-order valence-electron chi connectivity index (χ4n) is 1.06. The molecule has 0 aromatic heterocycles. The van der Waals surface area contributed by atoms with Crippen LogP contribution in [0.15, 0.2) is 30.9 Å². The zero-order valence-corrected chi connectivity index (χ0v) is 8.88. The molecular weight excluding hydrogens is 200 g/mol. The number of rotatable bonds is 5. The summed E-state index contributed by atoms with van der Waals surface area (Å²) >= 11 is 5.76. The molecular formula is C11H13ClO2. The standard InChI is InChI=1S/C11H13ClO2/c1-3-6-14-11-7-10(13-2)5-4-9(11)8-12/h3-5,7H,1,6,8H2,2H3. The van der Waals surface area contributed by atoms with E-state index in [1.54, 1.807) is 13.2 Å². The highest BCUT2D eigenvalue weighted by atomic mass is 35.5. The summed E-state index contributed by atoms with van der Waals surface area (Å²) in [5.74, 6) is 1.94. The van der Waals surface area contributed by atoms with Gasteiger partial charge < -0.3 is 9.47 Å². The maximum absolute atomic E-state index is 5.76. The van der Waals surface area contributed by atoms with Gasteiger partial charge in [-0.1, -0.05) is 18.7 Å². The first-order valence-electron chi connectivity index (χ1n) is 4.28. The summed E-state index contributed by atoms with van der Waals surface area (Å²) in [5, 5.41) is 0. The molecule has 0 amide bonds. The summed E-state index contributed by atoms with van der Waals surface area (Å²) < 4.78 is 10.5. The van der Waals surface area contributed by atoms with Gasteiger partial charge in [-0.25, -0.2) is 0 Å². The van der Waals surface area contributed by atoms with Crippen molar-refractivity contribution >= 4 is 11.6 Å². The molecule has 0 saturated carbocycles. The minimum absolute atomic E-state index is 0.427. The van der Waals surface area contributed by atoms with Gasteiger partial charge in [0.05, 0.1) is 13.0 Å². The fourth-order valence-corrected chi connectivity index (χ4v) is 1.28. The van der Waals surface area contributed by atoms with Crippen LogP contribution in [0.1, 0.15) is 5.56 Å². The van der Waals surface area contributed by atoms with Crippen LogP contribution in [-0.4, -0.2) is 13.7 Å². The van der Waals surface area contributed by atoms with Crippen LogP contribution in [-0.2, 0) is 5.88 Å². The van der Waals surface area contributed by atoms with Crippen LogP contribution in [0.25, 0.3) is 0 Å². The highest BCUT2D eigenvalue weighted by molar-refractivity contribution is 6.17. The van der Waals surface area contributed by atoms with Crippen molar-refractivity contribution in [2.45, 2.75) is 5.88 Å². The molecule has 1 aromatic carbocycles. The number of alkyl halides is 1. The van der Waals surface area contributed by atoms with Crippen molar-refractivity contribution in [2.24, 2.45) is 0 Å². The number of benzene rings is 1. The van der Waals surface area contributed by atoms with E-state index >= 15 is 0 Å². The minimum atomic E-state index is 0.427. The third kappa shape index (κ3) is 2.67. The van der Waals surface area contributed by atoms with Crippen molar-refractivity contribution < 1.29 is 9.47 Å². The predicted octanol–water partition coefficient (Wildman–Crippen LogP) is 3.00. The Kier molecular flexibility index (Phi) is 4.33. The molecule has 0 heterocycles. The van der Waals surface area contributed by atoms with Gasteiger partial charge in [0.1, 0.15) is 18.1 Å². The van der Waals surface area contributed by atoms with Crippen LogP contribution in [0.4, 0.5) is 0 Å². The van der Waals surface area contributed by atoms with Crippen molar-refractivity contribution in [1.82, 2.24) is 0 Å². The van der Waals surface area contributed by atoms with Gasteiger partial charge in [-0.15, -0.1) is 11.6 Å². The van der Waals surface area contributed by atoms with Crippen LogP contribution >= 0.6 is 11.6 Å². The van der Waals surface area contributed by atoms with E-state index in [9.17, 15) is 0 Å². The molecule has 0 saturated heterocycles. The second kappa shape index (κ2) is 5.55. The first-order chi connectivity index (χ1) is 6.81. The summed E-state index contributed by atoms with van der Waals surface area (Å²) in [6.45, 7) is 4.05. The number of halogens is 1. The maximum atomic E-state index is 5.76. The van der Waals surface area contributed by atoms with Crippen LogP contribution in [0.2, 0.25) is 0 Å². The molecule has 1 rings (SSSR count). The highest BCUT2D eigenvalue weighted by Gasteiger charge is 2.03. The van der Waals surface area contributed by atoms with Crippen molar-refractivity contribution in [3.63, 3.8) is 0 Å². The zero-order valence-electron chi connectivity index (χ0n) is 8.13. The average Bonchev–Trinajstić information content (AvgIpc) is 2.25. The molecule has 3 heteroatoms.